The summed E-state index contributed by atoms with van der Waals surface area (Å²) in [6, 6.07) is 11.4. The van der Waals surface area contributed by atoms with Gasteiger partial charge in [0.1, 0.15) is 11.5 Å². The summed E-state index contributed by atoms with van der Waals surface area (Å²) in [5, 5.41) is 9.72. The van der Waals surface area contributed by atoms with Crippen LogP contribution in [0, 0.1) is 0 Å². The lowest BCUT2D eigenvalue weighted by molar-refractivity contribution is 0.0918. The molecule has 1 aliphatic heterocycles. The first-order chi connectivity index (χ1) is 16.6. The standard InChI is InChI=1S/C22H21N7O3.C2H6/c1-28-19(16(11-23-28)20(30)24-15-8-10-32-13-15)21(31)26-18-7-9-29-12-17(25-22(29)27-18)14-5-3-2-4-6-14;1-2/h2-7,9,11-12,15H,8,10,13H2,1H3,(H,24,30)(H,25,26,27,31);1-2H3. The van der Waals surface area contributed by atoms with E-state index in [1.807, 2.05) is 50.4 Å². The van der Waals surface area contributed by atoms with Crippen LogP contribution in [0.1, 0.15) is 41.1 Å². The average Bonchev–Trinajstić information content (AvgIpc) is 3.60. The molecule has 4 aromatic rings. The third-order valence-corrected chi connectivity index (χ3v) is 5.30. The van der Waals surface area contributed by atoms with Gasteiger partial charge in [-0.15, -0.1) is 0 Å². The number of rotatable bonds is 5. The number of nitrogens with zero attached hydrogens (tertiary/aromatic N) is 5. The van der Waals surface area contributed by atoms with Gasteiger partial charge in [-0.1, -0.05) is 44.2 Å². The van der Waals surface area contributed by atoms with Crippen molar-refractivity contribution in [2.45, 2.75) is 26.3 Å². The number of benzene rings is 1. The van der Waals surface area contributed by atoms with E-state index in [0.29, 0.717) is 24.8 Å². The maximum atomic E-state index is 13.0. The van der Waals surface area contributed by atoms with E-state index in [1.54, 1.807) is 23.7 Å². The number of fused-ring (bicyclic) bond motifs is 1. The molecule has 1 saturated heterocycles. The average molecular weight is 462 g/mol. The summed E-state index contributed by atoms with van der Waals surface area (Å²) in [5.41, 5.74) is 2.10. The fourth-order valence-electron chi connectivity index (χ4n) is 3.65. The third-order valence-electron chi connectivity index (χ3n) is 5.30. The van der Waals surface area contributed by atoms with Gasteiger partial charge in [-0.05, 0) is 12.5 Å². The Labute approximate surface area is 197 Å². The maximum absolute atomic E-state index is 13.0. The van der Waals surface area contributed by atoms with Crippen molar-refractivity contribution in [3.05, 3.63) is 66.2 Å². The summed E-state index contributed by atoms with van der Waals surface area (Å²) >= 11 is 0. The fraction of sp³-hybridized carbons (Fsp3) is 0.292. The van der Waals surface area contributed by atoms with Crippen LogP contribution >= 0.6 is 0 Å². The SMILES string of the molecule is CC.Cn1ncc(C(=O)NC2CCOC2)c1C(=O)Nc1ccn2cc(-c3ccccc3)nc2n1. The van der Waals surface area contributed by atoms with Gasteiger partial charge in [-0.3, -0.25) is 18.7 Å². The number of nitrogens with one attached hydrogen (secondary N) is 2. The van der Waals surface area contributed by atoms with Crippen LogP contribution in [0.4, 0.5) is 5.82 Å². The summed E-state index contributed by atoms with van der Waals surface area (Å²) in [7, 11) is 1.61. The molecule has 1 aliphatic rings. The van der Waals surface area contributed by atoms with Crippen LogP contribution < -0.4 is 10.6 Å². The van der Waals surface area contributed by atoms with Gasteiger partial charge in [0.25, 0.3) is 11.8 Å². The van der Waals surface area contributed by atoms with Gasteiger partial charge in [0.15, 0.2) is 0 Å². The Hall–Kier alpha value is -4.05. The predicted molar refractivity (Wildman–Crippen MR) is 128 cm³/mol. The molecule has 10 heteroatoms. The number of carbonyl (C=O) groups excluding carboxylic acids is 2. The second kappa shape index (κ2) is 10.3. The van der Waals surface area contributed by atoms with Crippen LogP contribution in [0.25, 0.3) is 17.0 Å². The molecular weight excluding hydrogens is 434 g/mol. The molecule has 2 N–H and O–H groups in total. The van der Waals surface area contributed by atoms with Crippen molar-refractivity contribution in [1.29, 1.82) is 0 Å². The van der Waals surface area contributed by atoms with Crippen LogP contribution in [0.2, 0.25) is 0 Å². The Bertz CT molecular complexity index is 1290. The molecule has 0 saturated carbocycles. The van der Waals surface area contributed by atoms with E-state index in [2.05, 4.69) is 25.7 Å². The summed E-state index contributed by atoms with van der Waals surface area (Å²) in [5.74, 6) is -0.0669. The summed E-state index contributed by atoms with van der Waals surface area (Å²) in [6.07, 6.45) is 5.78. The number of carbonyl (C=O) groups is 2. The lowest BCUT2D eigenvalue weighted by atomic mass is 10.2. The minimum Gasteiger partial charge on any atom is -0.379 e. The quantitative estimate of drug-likeness (QED) is 0.472. The summed E-state index contributed by atoms with van der Waals surface area (Å²) in [6.45, 7) is 5.08. The van der Waals surface area contributed by atoms with E-state index >= 15 is 0 Å². The zero-order valence-electron chi connectivity index (χ0n) is 19.4. The molecule has 1 fully saturated rings. The molecule has 1 unspecified atom stereocenters. The summed E-state index contributed by atoms with van der Waals surface area (Å²) < 4.78 is 8.44. The molecule has 3 aromatic heterocycles. The molecule has 0 spiro atoms. The molecule has 5 rings (SSSR count). The highest BCUT2D eigenvalue weighted by Gasteiger charge is 2.25. The minimum absolute atomic E-state index is 0.0676. The number of anilines is 1. The van der Waals surface area contributed by atoms with E-state index < -0.39 is 5.91 Å². The van der Waals surface area contributed by atoms with Crippen LogP contribution in [0.3, 0.4) is 0 Å². The van der Waals surface area contributed by atoms with Crippen molar-refractivity contribution < 1.29 is 14.3 Å². The van der Waals surface area contributed by atoms with Crippen molar-refractivity contribution in [2.24, 2.45) is 7.05 Å². The highest BCUT2D eigenvalue weighted by Crippen LogP contribution is 2.19. The van der Waals surface area contributed by atoms with E-state index in [0.717, 1.165) is 17.7 Å². The van der Waals surface area contributed by atoms with Crippen molar-refractivity contribution in [3.63, 3.8) is 0 Å². The van der Waals surface area contributed by atoms with Gasteiger partial charge < -0.3 is 15.4 Å². The largest absolute Gasteiger partial charge is 0.379 e. The zero-order valence-corrected chi connectivity index (χ0v) is 19.4. The van der Waals surface area contributed by atoms with Crippen molar-refractivity contribution >= 4 is 23.4 Å². The molecule has 176 valence electrons. The number of aromatic nitrogens is 5. The Morgan fingerprint density at radius 2 is 1.88 bits per heavy atom. The first kappa shape index (κ1) is 23.1. The Balaban J connectivity index is 0.00000133. The van der Waals surface area contributed by atoms with Gasteiger partial charge in [0, 0.05) is 31.6 Å². The second-order valence-corrected chi connectivity index (χ2v) is 7.53. The van der Waals surface area contributed by atoms with Gasteiger partial charge in [-0.2, -0.15) is 10.1 Å². The van der Waals surface area contributed by atoms with Crippen LogP contribution in [-0.2, 0) is 11.8 Å². The molecule has 1 atom stereocenters. The fourth-order valence-corrected chi connectivity index (χ4v) is 3.65. The first-order valence-corrected chi connectivity index (χ1v) is 11.2. The van der Waals surface area contributed by atoms with Crippen molar-refractivity contribution in [2.75, 3.05) is 18.5 Å². The van der Waals surface area contributed by atoms with Gasteiger partial charge in [-0.25, -0.2) is 4.98 Å². The molecule has 2 amide bonds. The van der Waals surface area contributed by atoms with Gasteiger partial charge in [0.2, 0.25) is 5.78 Å². The number of amides is 2. The number of imidazole rings is 1. The Morgan fingerprint density at radius 1 is 1.09 bits per heavy atom. The van der Waals surface area contributed by atoms with Crippen molar-refractivity contribution in [3.8, 4) is 11.3 Å². The predicted octanol–water partition coefficient (Wildman–Crippen LogP) is 2.93. The highest BCUT2D eigenvalue weighted by molar-refractivity contribution is 6.10. The smallest absolute Gasteiger partial charge is 0.275 e. The molecule has 0 radical (unpaired) electrons. The zero-order chi connectivity index (χ0) is 24.1. The number of hydrogen-bond acceptors (Lipinski definition) is 6. The molecule has 4 heterocycles. The number of aryl methyl sites for hydroxylation is 1. The van der Waals surface area contributed by atoms with Gasteiger partial charge >= 0.3 is 0 Å². The number of hydrogen-bond donors (Lipinski definition) is 2. The lowest BCUT2D eigenvalue weighted by Gasteiger charge is -2.11. The van der Waals surface area contributed by atoms with E-state index in [-0.39, 0.29) is 23.2 Å². The molecule has 0 bridgehead atoms. The van der Waals surface area contributed by atoms with E-state index in [1.165, 1.54) is 10.9 Å². The minimum atomic E-state index is -0.482. The monoisotopic (exact) mass is 461 g/mol. The molecule has 0 aliphatic carbocycles. The molecule has 34 heavy (non-hydrogen) atoms. The normalized spacial score (nSPS) is 15.0. The van der Waals surface area contributed by atoms with Crippen molar-refractivity contribution in [1.82, 2.24) is 29.5 Å². The van der Waals surface area contributed by atoms with E-state index in [9.17, 15) is 9.59 Å². The second-order valence-electron chi connectivity index (χ2n) is 7.53. The topological polar surface area (TPSA) is 115 Å². The Kier molecular flexibility index (Phi) is 6.98. The van der Waals surface area contributed by atoms with E-state index in [4.69, 9.17) is 4.74 Å². The molecular formula is C24H27N7O3. The molecule has 10 nitrogen and oxygen atoms in total. The Morgan fingerprint density at radius 3 is 2.62 bits per heavy atom. The number of ether oxygens (including phenoxy) is 1. The first-order valence-electron chi connectivity index (χ1n) is 11.2. The third kappa shape index (κ3) is 4.81. The van der Waals surface area contributed by atoms with Crippen LogP contribution in [-0.4, -0.2) is 55.2 Å². The maximum Gasteiger partial charge on any atom is 0.275 e. The van der Waals surface area contributed by atoms with Gasteiger partial charge in [0.05, 0.1) is 30.1 Å². The summed E-state index contributed by atoms with van der Waals surface area (Å²) in [4.78, 5) is 34.6. The molecule has 1 aromatic carbocycles. The van der Waals surface area contributed by atoms with Crippen LogP contribution in [0.5, 0.6) is 0 Å². The highest BCUT2D eigenvalue weighted by atomic mass is 16.5. The van der Waals surface area contributed by atoms with Crippen LogP contribution in [0.15, 0.2) is 55.0 Å². The lowest BCUT2D eigenvalue weighted by Crippen LogP contribution is -2.36.